The van der Waals surface area contributed by atoms with Crippen molar-refractivity contribution in [1.82, 2.24) is 4.98 Å². The Kier molecular flexibility index (Phi) is 8.85. The van der Waals surface area contributed by atoms with E-state index in [1.165, 1.54) is 19.4 Å². The molecule has 0 radical (unpaired) electrons. The van der Waals surface area contributed by atoms with Gasteiger partial charge in [-0.3, -0.25) is 9.59 Å². The lowest BCUT2D eigenvalue weighted by molar-refractivity contribution is -0.158. The standard InChI is InChI=1S/C24H31NO6/c1-15(2)13-21(17(4)30-18-9-7-6-8-10-18)31-24(28)16(3)14-19(26)22-23(27)20(29-5)11-12-25-22/h6-12,15-17,21,27H,13-14H2,1-5H3/t16-,17+,21-/m1/s1. The minimum Gasteiger partial charge on any atom is -0.503 e. The Balaban J connectivity index is 2.04. The second-order valence-electron chi connectivity index (χ2n) is 7.98. The van der Waals surface area contributed by atoms with Gasteiger partial charge in [0, 0.05) is 18.7 Å². The summed E-state index contributed by atoms with van der Waals surface area (Å²) in [5.74, 6) is -0.870. The first kappa shape index (κ1) is 24.2. The van der Waals surface area contributed by atoms with Crippen molar-refractivity contribution in [1.29, 1.82) is 0 Å². The summed E-state index contributed by atoms with van der Waals surface area (Å²) in [6, 6.07) is 10.8. The Bertz CT molecular complexity index is 868. The number of pyridine rings is 1. The van der Waals surface area contributed by atoms with Crippen LogP contribution in [0, 0.1) is 11.8 Å². The van der Waals surface area contributed by atoms with Crippen LogP contribution in [0.3, 0.4) is 0 Å². The SMILES string of the molecule is COc1ccnc(C(=O)C[C@@H](C)C(=O)O[C@H](CC(C)C)[C@H](C)Oc2ccccc2)c1O. The van der Waals surface area contributed by atoms with Gasteiger partial charge in [0.15, 0.2) is 23.0 Å². The van der Waals surface area contributed by atoms with Crippen LogP contribution in [0.5, 0.6) is 17.2 Å². The number of para-hydroxylation sites is 1. The van der Waals surface area contributed by atoms with Gasteiger partial charge in [0.2, 0.25) is 0 Å². The molecule has 0 aliphatic rings. The molecule has 2 aromatic rings. The third-order valence-corrected chi connectivity index (χ3v) is 4.83. The van der Waals surface area contributed by atoms with Gasteiger partial charge < -0.3 is 19.3 Å². The van der Waals surface area contributed by atoms with Crippen molar-refractivity contribution in [2.24, 2.45) is 11.8 Å². The van der Waals surface area contributed by atoms with Gasteiger partial charge in [-0.25, -0.2) is 4.98 Å². The van der Waals surface area contributed by atoms with E-state index in [1.54, 1.807) is 6.92 Å². The molecule has 168 valence electrons. The molecule has 1 aromatic carbocycles. The number of ketones is 1. The molecule has 0 amide bonds. The van der Waals surface area contributed by atoms with Gasteiger partial charge in [0.25, 0.3) is 0 Å². The number of nitrogens with zero attached hydrogens (tertiary/aromatic N) is 1. The molecule has 0 saturated heterocycles. The first-order chi connectivity index (χ1) is 14.7. The number of aromatic nitrogens is 1. The van der Waals surface area contributed by atoms with Gasteiger partial charge in [0.05, 0.1) is 13.0 Å². The molecule has 0 unspecified atom stereocenters. The number of hydrogen-bond acceptors (Lipinski definition) is 7. The fraction of sp³-hybridized carbons (Fsp3) is 0.458. The van der Waals surface area contributed by atoms with Gasteiger partial charge in [-0.2, -0.15) is 0 Å². The van der Waals surface area contributed by atoms with Crippen molar-refractivity contribution >= 4 is 11.8 Å². The third kappa shape index (κ3) is 6.98. The summed E-state index contributed by atoms with van der Waals surface area (Å²) < 4.78 is 16.7. The number of methoxy groups -OCH3 is 1. The fourth-order valence-electron chi connectivity index (χ4n) is 3.12. The summed E-state index contributed by atoms with van der Waals surface area (Å²) in [4.78, 5) is 29.2. The van der Waals surface area contributed by atoms with Crippen LogP contribution in [0.1, 0.15) is 51.0 Å². The van der Waals surface area contributed by atoms with Crippen LogP contribution in [-0.2, 0) is 9.53 Å². The van der Waals surface area contributed by atoms with Crippen LogP contribution in [0.25, 0.3) is 0 Å². The average molecular weight is 430 g/mol. The molecular weight excluding hydrogens is 398 g/mol. The number of esters is 1. The van der Waals surface area contributed by atoms with Crippen LogP contribution < -0.4 is 9.47 Å². The predicted molar refractivity (Wildman–Crippen MR) is 116 cm³/mol. The lowest BCUT2D eigenvalue weighted by Crippen LogP contribution is -2.36. The third-order valence-electron chi connectivity index (χ3n) is 4.83. The normalized spacial score (nSPS) is 13.9. The molecule has 1 N–H and O–H groups in total. The number of carbonyl (C=O) groups is 2. The summed E-state index contributed by atoms with van der Waals surface area (Å²) >= 11 is 0. The maximum absolute atomic E-state index is 12.7. The largest absolute Gasteiger partial charge is 0.503 e. The Hall–Kier alpha value is -3.09. The summed E-state index contributed by atoms with van der Waals surface area (Å²) in [6.45, 7) is 7.56. The first-order valence-corrected chi connectivity index (χ1v) is 10.4. The van der Waals surface area contributed by atoms with Gasteiger partial charge in [-0.05, 0) is 31.4 Å². The summed E-state index contributed by atoms with van der Waals surface area (Å²) in [5.41, 5.74) is -0.126. The zero-order valence-electron chi connectivity index (χ0n) is 18.7. The van der Waals surface area contributed by atoms with Crippen molar-refractivity contribution in [3.63, 3.8) is 0 Å². The molecule has 0 fully saturated rings. The van der Waals surface area contributed by atoms with E-state index in [4.69, 9.17) is 14.2 Å². The molecule has 3 atom stereocenters. The van der Waals surface area contributed by atoms with Crippen molar-refractivity contribution < 1.29 is 28.9 Å². The molecule has 0 saturated carbocycles. The van der Waals surface area contributed by atoms with E-state index in [0.717, 1.165) is 0 Å². The second kappa shape index (κ2) is 11.3. The van der Waals surface area contributed by atoms with Crippen LogP contribution in [0.2, 0.25) is 0 Å². The van der Waals surface area contributed by atoms with E-state index >= 15 is 0 Å². The Morgan fingerprint density at radius 2 is 1.74 bits per heavy atom. The topological polar surface area (TPSA) is 95.0 Å². The van der Waals surface area contributed by atoms with E-state index in [0.29, 0.717) is 12.2 Å². The Morgan fingerprint density at radius 3 is 2.35 bits per heavy atom. The minimum absolute atomic E-state index is 0.126. The highest BCUT2D eigenvalue weighted by Gasteiger charge is 2.29. The van der Waals surface area contributed by atoms with Gasteiger partial charge in [0.1, 0.15) is 18.0 Å². The highest BCUT2D eigenvalue weighted by Crippen LogP contribution is 2.29. The zero-order valence-corrected chi connectivity index (χ0v) is 18.7. The number of aromatic hydroxyl groups is 1. The number of benzene rings is 1. The zero-order chi connectivity index (χ0) is 23.0. The monoisotopic (exact) mass is 429 g/mol. The van der Waals surface area contributed by atoms with Crippen LogP contribution >= 0.6 is 0 Å². The molecule has 31 heavy (non-hydrogen) atoms. The van der Waals surface area contributed by atoms with E-state index in [1.807, 2.05) is 51.1 Å². The predicted octanol–water partition coefficient (Wildman–Crippen LogP) is 4.43. The molecule has 0 aliphatic carbocycles. The van der Waals surface area contributed by atoms with Crippen molar-refractivity contribution in [3.05, 3.63) is 48.3 Å². The molecule has 2 rings (SSSR count). The molecular formula is C24H31NO6. The lowest BCUT2D eigenvalue weighted by atomic mass is 10.00. The van der Waals surface area contributed by atoms with E-state index in [2.05, 4.69) is 4.98 Å². The average Bonchev–Trinajstić information content (AvgIpc) is 2.73. The van der Waals surface area contributed by atoms with Crippen LogP contribution in [-0.4, -0.2) is 41.2 Å². The molecule has 7 heteroatoms. The van der Waals surface area contributed by atoms with E-state index in [-0.39, 0.29) is 35.6 Å². The van der Waals surface area contributed by atoms with Crippen LogP contribution in [0.4, 0.5) is 0 Å². The van der Waals surface area contributed by atoms with Crippen molar-refractivity contribution in [3.8, 4) is 17.2 Å². The molecule has 1 aromatic heterocycles. The van der Waals surface area contributed by atoms with Gasteiger partial charge in [-0.1, -0.05) is 39.0 Å². The van der Waals surface area contributed by atoms with Gasteiger partial charge >= 0.3 is 5.97 Å². The molecule has 0 aliphatic heterocycles. The summed E-state index contributed by atoms with van der Waals surface area (Å²) in [6.07, 6.45) is 1.03. The molecule has 1 heterocycles. The number of carbonyl (C=O) groups excluding carboxylic acids is 2. The lowest BCUT2D eigenvalue weighted by Gasteiger charge is -2.27. The first-order valence-electron chi connectivity index (χ1n) is 10.4. The molecule has 7 nitrogen and oxygen atoms in total. The quantitative estimate of drug-likeness (QED) is 0.417. The Morgan fingerprint density at radius 1 is 1.06 bits per heavy atom. The number of hydrogen-bond donors (Lipinski definition) is 1. The molecule has 0 spiro atoms. The van der Waals surface area contributed by atoms with Gasteiger partial charge in [-0.15, -0.1) is 0 Å². The second-order valence-corrected chi connectivity index (χ2v) is 7.98. The van der Waals surface area contributed by atoms with Crippen molar-refractivity contribution in [2.45, 2.75) is 52.7 Å². The maximum Gasteiger partial charge on any atom is 0.309 e. The molecule has 0 bridgehead atoms. The highest BCUT2D eigenvalue weighted by atomic mass is 16.6. The maximum atomic E-state index is 12.7. The minimum atomic E-state index is -0.710. The summed E-state index contributed by atoms with van der Waals surface area (Å²) in [7, 11) is 1.39. The van der Waals surface area contributed by atoms with Crippen molar-refractivity contribution in [2.75, 3.05) is 7.11 Å². The fourth-order valence-corrected chi connectivity index (χ4v) is 3.12. The number of ether oxygens (including phenoxy) is 3. The van der Waals surface area contributed by atoms with E-state index < -0.39 is 23.8 Å². The summed E-state index contributed by atoms with van der Waals surface area (Å²) in [5, 5.41) is 10.1. The Labute approximate surface area is 183 Å². The number of rotatable bonds is 11. The number of Topliss-reactive ketones (excluding diaryl/α,β-unsaturated/α-hetero) is 1. The van der Waals surface area contributed by atoms with E-state index in [9.17, 15) is 14.7 Å². The highest BCUT2D eigenvalue weighted by molar-refractivity contribution is 5.99. The van der Waals surface area contributed by atoms with Crippen LogP contribution in [0.15, 0.2) is 42.6 Å². The smallest absolute Gasteiger partial charge is 0.309 e.